The van der Waals surface area contributed by atoms with Crippen LogP contribution in [-0.2, 0) is 0 Å². The van der Waals surface area contributed by atoms with E-state index in [2.05, 4.69) is 25.2 Å². The number of hydrogen-bond donors (Lipinski definition) is 1. The van der Waals surface area contributed by atoms with Crippen molar-refractivity contribution < 1.29 is 0 Å². The summed E-state index contributed by atoms with van der Waals surface area (Å²) in [5.41, 5.74) is 0.523. The van der Waals surface area contributed by atoms with Crippen LogP contribution in [0.1, 0.15) is 50.4 Å². The lowest BCUT2D eigenvalue weighted by atomic mass is 9.88. The summed E-state index contributed by atoms with van der Waals surface area (Å²) >= 11 is 7.63. The molecule has 0 bridgehead atoms. The Morgan fingerprint density at radius 2 is 2.12 bits per heavy atom. The first kappa shape index (κ1) is 12.4. The smallest absolute Gasteiger partial charge is 0.0931 e. The quantitative estimate of drug-likeness (QED) is 0.829. The Morgan fingerprint density at radius 1 is 1.44 bits per heavy atom. The molecule has 1 aliphatic rings. The highest BCUT2D eigenvalue weighted by Crippen LogP contribution is 2.37. The van der Waals surface area contributed by atoms with Crippen molar-refractivity contribution in [1.82, 2.24) is 5.32 Å². The van der Waals surface area contributed by atoms with Crippen molar-refractivity contribution in [3.8, 4) is 0 Å². The third-order valence-electron chi connectivity index (χ3n) is 3.67. The first-order valence-corrected chi connectivity index (χ1v) is 7.27. The Hall–Kier alpha value is -0.0500. The molecular weight excluding hydrogens is 238 g/mol. The second-order valence-electron chi connectivity index (χ2n) is 5.26. The third kappa shape index (κ3) is 2.99. The SMILES string of the molecule is CC(NCC1(C)CCCC1)c1ccc(Cl)s1. The Kier molecular flexibility index (Phi) is 3.93. The van der Waals surface area contributed by atoms with Gasteiger partial charge in [0, 0.05) is 17.5 Å². The van der Waals surface area contributed by atoms with Gasteiger partial charge in [-0.15, -0.1) is 11.3 Å². The van der Waals surface area contributed by atoms with Gasteiger partial charge in [0.05, 0.1) is 4.34 Å². The molecule has 1 aromatic heterocycles. The molecule has 0 aliphatic heterocycles. The predicted octanol–water partition coefficient (Wildman–Crippen LogP) is 4.63. The average Bonchev–Trinajstić information content (AvgIpc) is 2.85. The fourth-order valence-electron chi connectivity index (χ4n) is 2.47. The Labute approximate surface area is 107 Å². The number of thiophene rings is 1. The van der Waals surface area contributed by atoms with Gasteiger partial charge in [0.25, 0.3) is 0 Å². The fraction of sp³-hybridized carbons (Fsp3) is 0.692. The van der Waals surface area contributed by atoms with E-state index >= 15 is 0 Å². The van der Waals surface area contributed by atoms with Crippen LogP contribution in [-0.4, -0.2) is 6.54 Å². The average molecular weight is 258 g/mol. The van der Waals surface area contributed by atoms with E-state index in [-0.39, 0.29) is 0 Å². The zero-order valence-electron chi connectivity index (χ0n) is 10.1. The molecule has 0 aromatic carbocycles. The van der Waals surface area contributed by atoms with Crippen LogP contribution < -0.4 is 5.32 Å². The van der Waals surface area contributed by atoms with E-state index in [0.29, 0.717) is 11.5 Å². The molecule has 90 valence electrons. The van der Waals surface area contributed by atoms with Gasteiger partial charge in [-0.25, -0.2) is 0 Å². The summed E-state index contributed by atoms with van der Waals surface area (Å²) in [5.74, 6) is 0. The van der Waals surface area contributed by atoms with Gasteiger partial charge in [-0.1, -0.05) is 31.4 Å². The molecule has 1 aromatic rings. The Bertz CT molecular complexity index is 341. The summed E-state index contributed by atoms with van der Waals surface area (Å²) < 4.78 is 0.885. The molecule has 16 heavy (non-hydrogen) atoms. The van der Waals surface area contributed by atoms with Crippen LogP contribution in [0, 0.1) is 5.41 Å². The summed E-state index contributed by atoms with van der Waals surface area (Å²) in [5, 5.41) is 3.65. The van der Waals surface area contributed by atoms with Crippen molar-refractivity contribution in [2.45, 2.75) is 45.6 Å². The maximum atomic E-state index is 5.95. The normalized spacial score (nSPS) is 21.2. The monoisotopic (exact) mass is 257 g/mol. The van der Waals surface area contributed by atoms with E-state index in [1.54, 1.807) is 11.3 Å². The number of rotatable bonds is 4. The second-order valence-corrected chi connectivity index (χ2v) is 7.01. The van der Waals surface area contributed by atoms with Gasteiger partial charge in [-0.3, -0.25) is 0 Å². The predicted molar refractivity (Wildman–Crippen MR) is 72.3 cm³/mol. The number of halogens is 1. The minimum atomic E-state index is 0.426. The molecule has 0 saturated heterocycles. The summed E-state index contributed by atoms with van der Waals surface area (Å²) in [6, 6.07) is 4.54. The zero-order valence-corrected chi connectivity index (χ0v) is 11.6. The minimum Gasteiger partial charge on any atom is -0.309 e. The van der Waals surface area contributed by atoms with Crippen LogP contribution in [0.5, 0.6) is 0 Å². The fourth-order valence-corrected chi connectivity index (χ4v) is 3.55. The number of nitrogens with one attached hydrogen (secondary N) is 1. The van der Waals surface area contributed by atoms with Crippen molar-refractivity contribution in [1.29, 1.82) is 0 Å². The molecule has 1 heterocycles. The maximum absolute atomic E-state index is 5.95. The molecule has 1 atom stereocenters. The van der Waals surface area contributed by atoms with Crippen molar-refractivity contribution >= 4 is 22.9 Å². The lowest BCUT2D eigenvalue weighted by Gasteiger charge is -2.26. The minimum absolute atomic E-state index is 0.426. The lowest BCUT2D eigenvalue weighted by molar-refractivity contribution is 0.302. The van der Waals surface area contributed by atoms with E-state index in [0.717, 1.165) is 10.9 Å². The van der Waals surface area contributed by atoms with E-state index in [4.69, 9.17) is 11.6 Å². The molecule has 1 nitrogen and oxygen atoms in total. The van der Waals surface area contributed by atoms with Gasteiger partial charge in [0.15, 0.2) is 0 Å². The van der Waals surface area contributed by atoms with Crippen LogP contribution in [0.15, 0.2) is 12.1 Å². The topological polar surface area (TPSA) is 12.0 Å². The third-order valence-corrected chi connectivity index (χ3v) is 5.08. The molecule has 1 fully saturated rings. The van der Waals surface area contributed by atoms with Gasteiger partial charge in [-0.2, -0.15) is 0 Å². The highest BCUT2D eigenvalue weighted by Gasteiger charge is 2.28. The Balaban J connectivity index is 1.86. The second kappa shape index (κ2) is 5.07. The maximum Gasteiger partial charge on any atom is 0.0931 e. The van der Waals surface area contributed by atoms with Crippen molar-refractivity contribution in [2.24, 2.45) is 5.41 Å². The van der Waals surface area contributed by atoms with Crippen LogP contribution >= 0.6 is 22.9 Å². The Morgan fingerprint density at radius 3 is 2.69 bits per heavy atom. The van der Waals surface area contributed by atoms with Gasteiger partial charge in [-0.05, 0) is 37.3 Å². The molecule has 1 N–H and O–H groups in total. The van der Waals surface area contributed by atoms with E-state index in [9.17, 15) is 0 Å². The van der Waals surface area contributed by atoms with Gasteiger partial charge >= 0.3 is 0 Å². The molecule has 1 unspecified atom stereocenters. The van der Waals surface area contributed by atoms with Crippen LogP contribution in [0.25, 0.3) is 0 Å². The van der Waals surface area contributed by atoms with Gasteiger partial charge < -0.3 is 5.32 Å². The van der Waals surface area contributed by atoms with Crippen molar-refractivity contribution in [2.75, 3.05) is 6.54 Å². The number of hydrogen-bond acceptors (Lipinski definition) is 2. The largest absolute Gasteiger partial charge is 0.309 e. The van der Waals surface area contributed by atoms with E-state index in [1.165, 1.54) is 30.6 Å². The van der Waals surface area contributed by atoms with Gasteiger partial charge in [0.2, 0.25) is 0 Å². The summed E-state index contributed by atoms with van der Waals surface area (Å²) in [6.45, 7) is 5.76. The molecule has 0 amide bonds. The summed E-state index contributed by atoms with van der Waals surface area (Å²) in [6.07, 6.45) is 5.55. The molecule has 2 rings (SSSR count). The first-order chi connectivity index (χ1) is 7.59. The zero-order chi connectivity index (χ0) is 11.6. The summed E-state index contributed by atoms with van der Waals surface area (Å²) in [7, 11) is 0. The highest BCUT2D eigenvalue weighted by atomic mass is 35.5. The van der Waals surface area contributed by atoms with Crippen molar-refractivity contribution in [3.05, 3.63) is 21.3 Å². The molecule has 3 heteroatoms. The standard InChI is InChI=1S/C13H20ClNS/c1-10(11-5-6-12(14)16-11)15-9-13(2)7-3-4-8-13/h5-6,10,15H,3-4,7-9H2,1-2H3. The molecule has 1 saturated carbocycles. The van der Waals surface area contributed by atoms with Crippen molar-refractivity contribution in [3.63, 3.8) is 0 Å². The lowest BCUT2D eigenvalue weighted by Crippen LogP contribution is -2.31. The van der Waals surface area contributed by atoms with E-state index in [1.807, 2.05) is 6.07 Å². The van der Waals surface area contributed by atoms with Crippen LogP contribution in [0.3, 0.4) is 0 Å². The van der Waals surface area contributed by atoms with Crippen LogP contribution in [0.4, 0.5) is 0 Å². The summed E-state index contributed by atoms with van der Waals surface area (Å²) in [4.78, 5) is 1.34. The molecule has 0 radical (unpaired) electrons. The molecular formula is C13H20ClNS. The van der Waals surface area contributed by atoms with E-state index < -0.39 is 0 Å². The highest BCUT2D eigenvalue weighted by molar-refractivity contribution is 7.16. The molecule has 0 spiro atoms. The first-order valence-electron chi connectivity index (χ1n) is 6.08. The van der Waals surface area contributed by atoms with Crippen LogP contribution in [0.2, 0.25) is 4.34 Å². The van der Waals surface area contributed by atoms with Gasteiger partial charge in [0.1, 0.15) is 0 Å². The molecule has 1 aliphatic carbocycles.